The Kier molecular flexibility index (Phi) is 8.14. The smallest absolute Gasteiger partial charge is 0.257 e. The first kappa shape index (κ1) is 25.7. The summed E-state index contributed by atoms with van der Waals surface area (Å²) in [6.07, 6.45) is 8.50. The summed E-state index contributed by atoms with van der Waals surface area (Å²) in [5, 5.41) is 0. The van der Waals surface area contributed by atoms with Crippen LogP contribution in [-0.2, 0) is 11.3 Å². The second kappa shape index (κ2) is 12.0. The first-order valence-corrected chi connectivity index (χ1v) is 13.2. The standard InChI is InChI=1S/C31H34N4O3/c1-23(2)35(22-24-9-5-3-6-10-24)30(36)28-21-32-31(34-17-19-37-20-18-34)33-29(28)25-13-15-27(16-14-25)38-26-11-7-4-8-12-26/h3-13,15-16,21,23,25H,14,17-20,22H2,1-2H3. The molecular formula is C31H34N4O3. The van der Waals surface area contributed by atoms with Gasteiger partial charge in [0, 0.05) is 37.8 Å². The molecule has 196 valence electrons. The molecule has 0 spiro atoms. The molecule has 2 aromatic carbocycles. The first-order chi connectivity index (χ1) is 18.6. The molecule has 1 amide bonds. The molecule has 7 heteroatoms. The Balaban J connectivity index is 1.44. The summed E-state index contributed by atoms with van der Waals surface area (Å²) in [5.74, 6) is 2.10. The van der Waals surface area contributed by atoms with Crippen LogP contribution >= 0.6 is 0 Å². The molecule has 0 bridgehead atoms. The molecule has 0 saturated carbocycles. The van der Waals surface area contributed by atoms with Gasteiger partial charge in [0.05, 0.1) is 24.5 Å². The van der Waals surface area contributed by atoms with Gasteiger partial charge in [0.1, 0.15) is 11.5 Å². The minimum Gasteiger partial charge on any atom is -0.458 e. The van der Waals surface area contributed by atoms with Gasteiger partial charge >= 0.3 is 0 Å². The van der Waals surface area contributed by atoms with Crippen molar-refractivity contribution in [3.8, 4) is 5.75 Å². The number of morpholine rings is 1. The van der Waals surface area contributed by atoms with E-state index in [-0.39, 0.29) is 17.9 Å². The number of benzene rings is 2. The van der Waals surface area contributed by atoms with E-state index >= 15 is 0 Å². The highest BCUT2D eigenvalue weighted by molar-refractivity contribution is 5.95. The predicted molar refractivity (Wildman–Crippen MR) is 148 cm³/mol. The van der Waals surface area contributed by atoms with E-state index in [1.54, 1.807) is 6.20 Å². The van der Waals surface area contributed by atoms with Crippen molar-refractivity contribution in [3.05, 3.63) is 108 Å². The predicted octanol–water partition coefficient (Wildman–Crippen LogP) is 5.37. The van der Waals surface area contributed by atoms with E-state index in [1.165, 1.54) is 0 Å². The van der Waals surface area contributed by atoms with Gasteiger partial charge in [-0.2, -0.15) is 0 Å². The van der Waals surface area contributed by atoms with Gasteiger partial charge in [-0.15, -0.1) is 0 Å². The molecule has 1 unspecified atom stereocenters. The van der Waals surface area contributed by atoms with E-state index in [4.69, 9.17) is 14.5 Å². The van der Waals surface area contributed by atoms with Crippen LogP contribution in [0.5, 0.6) is 5.75 Å². The van der Waals surface area contributed by atoms with Crippen LogP contribution in [0.1, 0.15) is 47.8 Å². The van der Waals surface area contributed by atoms with E-state index in [0.717, 1.165) is 35.9 Å². The fourth-order valence-electron chi connectivity index (χ4n) is 4.68. The molecule has 2 aliphatic rings. The van der Waals surface area contributed by atoms with E-state index in [2.05, 4.69) is 22.0 Å². The van der Waals surface area contributed by atoms with Crippen molar-refractivity contribution in [1.82, 2.24) is 14.9 Å². The number of rotatable bonds is 8. The number of amides is 1. The Hall–Kier alpha value is -3.97. The second-order valence-electron chi connectivity index (χ2n) is 9.80. The zero-order valence-corrected chi connectivity index (χ0v) is 22.0. The highest BCUT2D eigenvalue weighted by Crippen LogP contribution is 2.31. The van der Waals surface area contributed by atoms with E-state index in [9.17, 15) is 4.79 Å². The number of nitrogens with zero attached hydrogens (tertiary/aromatic N) is 4. The lowest BCUT2D eigenvalue weighted by atomic mass is 9.93. The van der Waals surface area contributed by atoms with Gasteiger partial charge in [-0.3, -0.25) is 4.79 Å². The lowest BCUT2D eigenvalue weighted by molar-refractivity contribution is 0.0687. The van der Waals surface area contributed by atoms with Crippen molar-refractivity contribution in [2.75, 3.05) is 31.2 Å². The summed E-state index contributed by atoms with van der Waals surface area (Å²) in [5.41, 5.74) is 2.38. The first-order valence-electron chi connectivity index (χ1n) is 13.2. The van der Waals surface area contributed by atoms with Crippen molar-refractivity contribution in [3.63, 3.8) is 0 Å². The Labute approximate surface area is 224 Å². The van der Waals surface area contributed by atoms with Crippen molar-refractivity contribution in [1.29, 1.82) is 0 Å². The number of hydrogen-bond donors (Lipinski definition) is 0. The third-order valence-electron chi connectivity index (χ3n) is 6.81. The molecular weight excluding hydrogens is 476 g/mol. The summed E-state index contributed by atoms with van der Waals surface area (Å²) >= 11 is 0. The largest absolute Gasteiger partial charge is 0.458 e. The number of allylic oxidation sites excluding steroid dienone is 3. The summed E-state index contributed by atoms with van der Waals surface area (Å²) in [6.45, 7) is 7.35. The zero-order chi connectivity index (χ0) is 26.3. The number of aromatic nitrogens is 2. The summed E-state index contributed by atoms with van der Waals surface area (Å²) < 4.78 is 11.5. The number of ether oxygens (including phenoxy) is 2. The maximum atomic E-state index is 14.0. The van der Waals surface area contributed by atoms with Crippen LogP contribution in [0.25, 0.3) is 0 Å². The van der Waals surface area contributed by atoms with Gasteiger partial charge in [-0.25, -0.2) is 9.97 Å². The molecule has 38 heavy (non-hydrogen) atoms. The fraction of sp³-hybridized carbons (Fsp3) is 0.323. The minimum atomic E-state index is -0.0643. The average Bonchev–Trinajstić information content (AvgIpc) is 2.97. The van der Waals surface area contributed by atoms with Crippen LogP contribution in [0, 0.1) is 0 Å². The zero-order valence-electron chi connectivity index (χ0n) is 22.0. The van der Waals surface area contributed by atoms with Gasteiger partial charge in [-0.05, 0) is 50.1 Å². The lowest BCUT2D eigenvalue weighted by Crippen LogP contribution is -2.39. The minimum absolute atomic E-state index is 0.0159. The van der Waals surface area contributed by atoms with Crippen LogP contribution in [0.4, 0.5) is 5.95 Å². The van der Waals surface area contributed by atoms with Crippen molar-refractivity contribution in [2.24, 2.45) is 0 Å². The van der Waals surface area contributed by atoms with Gasteiger partial charge in [-0.1, -0.05) is 54.6 Å². The van der Waals surface area contributed by atoms with E-state index in [1.807, 2.05) is 85.5 Å². The molecule has 1 aliphatic heterocycles. The van der Waals surface area contributed by atoms with Crippen LogP contribution < -0.4 is 9.64 Å². The third kappa shape index (κ3) is 6.11. The molecule has 1 aliphatic carbocycles. The molecule has 7 nitrogen and oxygen atoms in total. The average molecular weight is 511 g/mol. The maximum absolute atomic E-state index is 14.0. The molecule has 5 rings (SSSR count). The van der Waals surface area contributed by atoms with Crippen molar-refractivity contribution < 1.29 is 14.3 Å². The molecule has 1 fully saturated rings. The van der Waals surface area contributed by atoms with E-state index in [0.29, 0.717) is 37.7 Å². The Morgan fingerprint density at radius 3 is 2.45 bits per heavy atom. The number of para-hydroxylation sites is 1. The van der Waals surface area contributed by atoms with Gasteiger partial charge in [0.15, 0.2) is 0 Å². The van der Waals surface area contributed by atoms with Crippen molar-refractivity contribution >= 4 is 11.9 Å². The lowest BCUT2D eigenvalue weighted by Gasteiger charge is -2.30. The van der Waals surface area contributed by atoms with E-state index < -0.39 is 0 Å². The second-order valence-corrected chi connectivity index (χ2v) is 9.80. The van der Waals surface area contributed by atoms with Crippen molar-refractivity contribution in [2.45, 2.75) is 38.8 Å². The molecule has 1 saturated heterocycles. The van der Waals surface area contributed by atoms with Crippen LogP contribution in [0.15, 0.2) is 90.8 Å². The topological polar surface area (TPSA) is 67.8 Å². The van der Waals surface area contributed by atoms with Gasteiger partial charge < -0.3 is 19.3 Å². The summed E-state index contributed by atoms with van der Waals surface area (Å²) in [6, 6.07) is 19.8. The number of anilines is 1. The summed E-state index contributed by atoms with van der Waals surface area (Å²) in [4.78, 5) is 27.6. The molecule has 0 N–H and O–H groups in total. The highest BCUT2D eigenvalue weighted by atomic mass is 16.5. The third-order valence-corrected chi connectivity index (χ3v) is 6.81. The number of hydrogen-bond acceptors (Lipinski definition) is 6. The fourth-order valence-corrected chi connectivity index (χ4v) is 4.68. The Bertz CT molecular complexity index is 1280. The van der Waals surface area contributed by atoms with Crippen LogP contribution in [0.3, 0.4) is 0 Å². The quantitative estimate of drug-likeness (QED) is 0.406. The Morgan fingerprint density at radius 1 is 1.08 bits per heavy atom. The van der Waals surface area contributed by atoms with Crippen LogP contribution in [0.2, 0.25) is 0 Å². The van der Waals surface area contributed by atoms with Crippen LogP contribution in [-0.4, -0.2) is 53.1 Å². The SMILES string of the molecule is CC(C)N(Cc1ccccc1)C(=O)c1cnc(N2CCOCC2)nc1C1C=CC(Oc2ccccc2)=CC1. The highest BCUT2D eigenvalue weighted by Gasteiger charge is 2.28. The van der Waals surface area contributed by atoms with Gasteiger partial charge in [0.25, 0.3) is 5.91 Å². The summed E-state index contributed by atoms with van der Waals surface area (Å²) in [7, 11) is 0. The number of carbonyl (C=O) groups is 1. The molecule has 2 heterocycles. The maximum Gasteiger partial charge on any atom is 0.257 e. The Morgan fingerprint density at radius 2 is 1.79 bits per heavy atom. The molecule has 3 aromatic rings. The normalized spacial score (nSPS) is 17.3. The molecule has 0 radical (unpaired) electrons. The number of carbonyl (C=O) groups excluding carboxylic acids is 1. The molecule has 1 atom stereocenters. The van der Waals surface area contributed by atoms with Gasteiger partial charge in [0.2, 0.25) is 5.95 Å². The monoisotopic (exact) mass is 510 g/mol. The molecule has 1 aromatic heterocycles.